The van der Waals surface area contributed by atoms with Gasteiger partial charge in [0, 0.05) is 10.5 Å². The number of hydrogen-bond acceptors (Lipinski definition) is 5. The van der Waals surface area contributed by atoms with Gasteiger partial charge in [0.05, 0.1) is 6.04 Å². The topological polar surface area (TPSA) is 51.8 Å². The van der Waals surface area contributed by atoms with Crippen molar-refractivity contribution in [3.8, 4) is 10.6 Å². The van der Waals surface area contributed by atoms with Crippen LogP contribution in [-0.4, -0.2) is 16.5 Å². The monoisotopic (exact) mass is 265 g/mol. The minimum atomic E-state index is 0.00249. The van der Waals surface area contributed by atoms with Gasteiger partial charge in [-0.3, -0.25) is 0 Å². The van der Waals surface area contributed by atoms with Crippen molar-refractivity contribution in [3.63, 3.8) is 0 Å². The van der Waals surface area contributed by atoms with Crippen molar-refractivity contribution < 1.29 is 0 Å². The van der Waals surface area contributed by atoms with Crippen LogP contribution in [0.1, 0.15) is 24.4 Å². The van der Waals surface area contributed by atoms with Gasteiger partial charge in [-0.1, -0.05) is 36.5 Å². The molecule has 2 rings (SSSR count). The fourth-order valence-corrected chi connectivity index (χ4v) is 3.12. The van der Waals surface area contributed by atoms with E-state index in [-0.39, 0.29) is 6.04 Å². The van der Waals surface area contributed by atoms with Gasteiger partial charge in [0.2, 0.25) is 0 Å². The Bertz CT molecular complexity index is 496. The lowest BCUT2D eigenvalue weighted by atomic mass is 10.2. The van der Waals surface area contributed by atoms with Crippen molar-refractivity contribution in [2.24, 2.45) is 5.73 Å². The third kappa shape index (κ3) is 2.68. The molecule has 2 aromatic rings. The Morgan fingerprint density at radius 3 is 2.82 bits per heavy atom. The van der Waals surface area contributed by atoms with Crippen LogP contribution >= 0.6 is 23.1 Å². The molecule has 0 amide bonds. The molecule has 1 aromatic carbocycles. The molecule has 0 saturated heterocycles. The molecule has 3 nitrogen and oxygen atoms in total. The average Bonchev–Trinajstić information content (AvgIpc) is 2.87. The Morgan fingerprint density at radius 1 is 1.35 bits per heavy atom. The molecule has 0 fully saturated rings. The zero-order valence-corrected chi connectivity index (χ0v) is 11.5. The Labute approximate surface area is 109 Å². The van der Waals surface area contributed by atoms with E-state index in [4.69, 9.17) is 5.73 Å². The molecule has 1 aromatic heterocycles. The summed E-state index contributed by atoms with van der Waals surface area (Å²) >= 11 is 3.31. The molecule has 5 heteroatoms. The maximum absolute atomic E-state index is 5.96. The van der Waals surface area contributed by atoms with E-state index in [1.54, 1.807) is 23.1 Å². The van der Waals surface area contributed by atoms with E-state index in [1.165, 1.54) is 4.90 Å². The lowest BCUT2D eigenvalue weighted by molar-refractivity contribution is 0.683. The zero-order valence-electron chi connectivity index (χ0n) is 9.88. The molecule has 0 bridgehead atoms. The maximum Gasteiger partial charge on any atom is 0.148 e. The second-order valence-electron chi connectivity index (χ2n) is 3.66. The van der Waals surface area contributed by atoms with E-state index < -0.39 is 0 Å². The third-order valence-corrected chi connectivity index (χ3v) is 4.42. The summed E-state index contributed by atoms with van der Waals surface area (Å²) in [6.07, 6.45) is 2.96. The maximum atomic E-state index is 5.96. The van der Waals surface area contributed by atoms with Crippen LogP contribution in [0.5, 0.6) is 0 Å². The highest BCUT2D eigenvalue weighted by atomic mass is 32.2. The third-order valence-electron chi connectivity index (χ3n) is 2.54. The van der Waals surface area contributed by atoms with E-state index in [9.17, 15) is 0 Å². The first-order valence-corrected chi connectivity index (χ1v) is 7.52. The molecule has 90 valence electrons. The van der Waals surface area contributed by atoms with Crippen LogP contribution in [0.25, 0.3) is 10.6 Å². The van der Waals surface area contributed by atoms with Gasteiger partial charge in [-0.15, -0.1) is 22.0 Å². The number of aromatic nitrogens is 2. The number of rotatable bonds is 4. The van der Waals surface area contributed by atoms with E-state index in [0.717, 1.165) is 22.0 Å². The summed E-state index contributed by atoms with van der Waals surface area (Å²) in [4.78, 5) is 1.22. The molecule has 0 spiro atoms. The second kappa shape index (κ2) is 5.62. The molecule has 0 radical (unpaired) electrons. The molecule has 17 heavy (non-hydrogen) atoms. The van der Waals surface area contributed by atoms with E-state index in [2.05, 4.69) is 35.5 Å². The molecule has 0 aliphatic heterocycles. The molecule has 1 heterocycles. The molecule has 1 atom stereocenters. The van der Waals surface area contributed by atoms with Gasteiger partial charge in [0.15, 0.2) is 0 Å². The van der Waals surface area contributed by atoms with E-state index in [1.807, 2.05) is 12.1 Å². The Morgan fingerprint density at radius 2 is 2.12 bits per heavy atom. The Kier molecular flexibility index (Phi) is 4.15. The van der Waals surface area contributed by atoms with Crippen molar-refractivity contribution in [2.75, 3.05) is 6.26 Å². The molecule has 0 aliphatic rings. The number of nitrogens with two attached hydrogens (primary N) is 1. The minimum absolute atomic E-state index is 0.00249. The zero-order chi connectivity index (χ0) is 12.3. The van der Waals surface area contributed by atoms with Gasteiger partial charge < -0.3 is 5.73 Å². The average molecular weight is 265 g/mol. The number of thioether (sulfide) groups is 1. The fourth-order valence-electron chi connectivity index (χ4n) is 1.49. The minimum Gasteiger partial charge on any atom is -0.322 e. The van der Waals surface area contributed by atoms with Crippen LogP contribution in [0.2, 0.25) is 0 Å². The summed E-state index contributed by atoms with van der Waals surface area (Å²) in [6, 6.07) is 8.24. The molecule has 1 unspecified atom stereocenters. The first-order valence-electron chi connectivity index (χ1n) is 5.48. The molecular formula is C12H15N3S2. The van der Waals surface area contributed by atoms with Gasteiger partial charge in [-0.2, -0.15) is 0 Å². The number of benzene rings is 1. The number of hydrogen-bond donors (Lipinski definition) is 1. The predicted molar refractivity (Wildman–Crippen MR) is 74.3 cm³/mol. The highest BCUT2D eigenvalue weighted by Gasteiger charge is 2.13. The highest BCUT2D eigenvalue weighted by Crippen LogP contribution is 2.33. The normalized spacial score (nSPS) is 12.6. The summed E-state index contributed by atoms with van der Waals surface area (Å²) in [5, 5.41) is 10.3. The SMILES string of the molecule is CCC(N)c1nnc(-c2ccccc2SC)s1. The molecule has 0 aliphatic carbocycles. The Hall–Kier alpha value is -0.910. The molecule has 2 N–H and O–H groups in total. The van der Waals surface area contributed by atoms with Crippen LogP contribution < -0.4 is 5.73 Å². The van der Waals surface area contributed by atoms with Crippen LogP contribution in [0.3, 0.4) is 0 Å². The van der Waals surface area contributed by atoms with Gasteiger partial charge in [0.25, 0.3) is 0 Å². The Balaban J connectivity index is 2.37. The van der Waals surface area contributed by atoms with Crippen LogP contribution in [0, 0.1) is 0 Å². The standard InChI is InChI=1S/C12H15N3S2/c1-3-9(13)12-15-14-11(17-12)8-6-4-5-7-10(8)16-2/h4-7,9H,3,13H2,1-2H3. The summed E-state index contributed by atoms with van der Waals surface area (Å²) in [7, 11) is 0. The fraction of sp³-hybridized carbons (Fsp3) is 0.333. The van der Waals surface area contributed by atoms with Gasteiger partial charge >= 0.3 is 0 Å². The first kappa shape index (κ1) is 12.5. The van der Waals surface area contributed by atoms with Crippen molar-refractivity contribution >= 4 is 23.1 Å². The largest absolute Gasteiger partial charge is 0.322 e. The first-order chi connectivity index (χ1) is 8.26. The smallest absolute Gasteiger partial charge is 0.148 e. The van der Waals surface area contributed by atoms with Crippen LogP contribution in [0.15, 0.2) is 29.2 Å². The van der Waals surface area contributed by atoms with Crippen LogP contribution in [-0.2, 0) is 0 Å². The molecular weight excluding hydrogens is 250 g/mol. The van der Waals surface area contributed by atoms with Crippen molar-refractivity contribution in [1.29, 1.82) is 0 Å². The van der Waals surface area contributed by atoms with Crippen molar-refractivity contribution in [1.82, 2.24) is 10.2 Å². The van der Waals surface area contributed by atoms with Gasteiger partial charge in [0.1, 0.15) is 10.0 Å². The van der Waals surface area contributed by atoms with Crippen LogP contribution in [0.4, 0.5) is 0 Å². The van der Waals surface area contributed by atoms with Gasteiger partial charge in [-0.25, -0.2) is 0 Å². The second-order valence-corrected chi connectivity index (χ2v) is 5.52. The predicted octanol–water partition coefficient (Wildman–Crippen LogP) is 3.34. The van der Waals surface area contributed by atoms with Gasteiger partial charge in [-0.05, 0) is 18.7 Å². The van der Waals surface area contributed by atoms with Crippen molar-refractivity contribution in [3.05, 3.63) is 29.3 Å². The quantitative estimate of drug-likeness (QED) is 0.861. The summed E-state index contributed by atoms with van der Waals surface area (Å²) in [5.74, 6) is 0. The van der Waals surface area contributed by atoms with E-state index in [0.29, 0.717) is 0 Å². The van der Waals surface area contributed by atoms with E-state index >= 15 is 0 Å². The van der Waals surface area contributed by atoms with Crippen molar-refractivity contribution in [2.45, 2.75) is 24.3 Å². The summed E-state index contributed by atoms with van der Waals surface area (Å²) < 4.78 is 0. The summed E-state index contributed by atoms with van der Waals surface area (Å²) in [6.45, 7) is 2.06. The molecule has 0 saturated carbocycles. The number of nitrogens with zero attached hydrogens (tertiary/aromatic N) is 2. The lowest BCUT2D eigenvalue weighted by Crippen LogP contribution is -2.07. The lowest BCUT2D eigenvalue weighted by Gasteiger charge is -2.03. The highest BCUT2D eigenvalue weighted by molar-refractivity contribution is 7.98. The summed E-state index contributed by atoms with van der Waals surface area (Å²) in [5.41, 5.74) is 7.10.